The molecule has 0 atom stereocenters. The van der Waals surface area contributed by atoms with Gasteiger partial charge in [-0.15, -0.1) is 0 Å². The number of ether oxygens (including phenoxy) is 1. The Morgan fingerprint density at radius 1 is 1.00 bits per heavy atom. The van der Waals surface area contributed by atoms with Crippen molar-refractivity contribution in [3.63, 3.8) is 0 Å². The van der Waals surface area contributed by atoms with Crippen molar-refractivity contribution in [3.05, 3.63) is 83.2 Å². The Morgan fingerprint density at radius 2 is 1.83 bits per heavy atom. The van der Waals surface area contributed by atoms with Crippen LogP contribution in [0.3, 0.4) is 0 Å². The average molecular weight is 396 g/mol. The first kappa shape index (κ1) is 18.5. The second kappa shape index (κ2) is 8.01. The molecule has 0 amide bonds. The fourth-order valence-corrected chi connectivity index (χ4v) is 2.76. The molecule has 0 N–H and O–H groups in total. The molecular formula is C20H14F2N4O3. The minimum absolute atomic E-state index is 0.105. The van der Waals surface area contributed by atoms with Crippen molar-refractivity contribution in [2.45, 2.75) is 13.2 Å². The molecule has 0 spiro atoms. The molecule has 0 saturated carbocycles. The second-order valence-corrected chi connectivity index (χ2v) is 5.97. The fourth-order valence-electron chi connectivity index (χ4n) is 2.76. The number of nitrogens with zero attached hydrogens (tertiary/aromatic N) is 4. The van der Waals surface area contributed by atoms with Gasteiger partial charge in [0.2, 0.25) is 5.88 Å². The summed E-state index contributed by atoms with van der Waals surface area (Å²) in [6.07, 6.45) is 2.67. The highest BCUT2D eigenvalue weighted by Gasteiger charge is 2.13. The monoisotopic (exact) mass is 396 g/mol. The third kappa shape index (κ3) is 4.18. The Bertz CT molecular complexity index is 1160. The van der Waals surface area contributed by atoms with Crippen LogP contribution in [-0.4, -0.2) is 26.4 Å². The lowest BCUT2D eigenvalue weighted by molar-refractivity contribution is -0.0528. The van der Waals surface area contributed by atoms with Crippen LogP contribution in [0.4, 0.5) is 8.78 Å². The molecule has 0 saturated heterocycles. The molecule has 3 aromatic heterocycles. The maximum Gasteiger partial charge on any atom is 0.388 e. The summed E-state index contributed by atoms with van der Waals surface area (Å²) in [5.41, 5.74) is 2.07. The zero-order chi connectivity index (χ0) is 20.2. The van der Waals surface area contributed by atoms with Gasteiger partial charge in [-0.3, -0.25) is 4.79 Å². The Kier molecular flexibility index (Phi) is 5.10. The zero-order valence-electron chi connectivity index (χ0n) is 14.9. The number of rotatable bonds is 6. The van der Waals surface area contributed by atoms with Crippen molar-refractivity contribution in [3.8, 4) is 28.5 Å². The van der Waals surface area contributed by atoms with Crippen molar-refractivity contribution in [1.82, 2.24) is 19.7 Å². The fraction of sp³-hybridized carbons (Fsp3) is 0.100. The Hall–Kier alpha value is -3.88. The van der Waals surface area contributed by atoms with Crippen LogP contribution in [0.1, 0.15) is 5.69 Å². The maximum absolute atomic E-state index is 12.3. The van der Waals surface area contributed by atoms with Crippen LogP contribution in [0.5, 0.6) is 5.88 Å². The van der Waals surface area contributed by atoms with Gasteiger partial charge in [-0.2, -0.15) is 13.9 Å². The summed E-state index contributed by atoms with van der Waals surface area (Å²) in [5.74, 6) is 0.354. The predicted molar refractivity (Wildman–Crippen MR) is 99.4 cm³/mol. The molecule has 0 aliphatic heterocycles. The van der Waals surface area contributed by atoms with Gasteiger partial charge in [0, 0.05) is 29.5 Å². The van der Waals surface area contributed by atoms with E-state index in [4.69, 9.17) is 4.42 Å². The largest absolute Gasteiger partial charge is 0.443 e. The molecule has 7 nitrogen and oxygen atoms in total. The van der Waals surface area contributed by atoms with Gasteiger partial charge in [0.05, 0.1) is 12.2 Å². The summed E-state index contributed by atoms with van der Waals surface area (Å²) >= 11 is 0. The van der Waals surface area contributed by atoms with E-state index in [0.29, 0.717) is 22.7 Å². The quantitative estimate of drug-likeness (QED) is 0.495. The first-order valence-electron chi connectivity index (χ1n) is 8.57. The number of oxazole rings is 1. The highest BCUT2D eigenvalue weighted by molar-refractivity contribution is 5.59. The molecule has 9 heteroatoms. The number of halogens is 2. The molecule has 1 aromatic carbocycles. The SMILES string of the molecule is O=c1ccc(-c2ccc(OC(F)F)nc2)nn1Cc1ncoc1-c1ccccc1. The lowest BCUT2D eigenvalue weighted by Crippen LogP contribution is -2.23. The molecule has 0 fully saturated rings. The second-order valence-electron chi connectivity index (χ2n) is 5.97. The van der Waals surface area contributed by atoms with Crippen molar-refractivity contribution in [2.24, 2.45) is 0 Å². The van der Waals surface area contributed by atoms with Crippen LogP contribution in [-0.2, 0) is 6.54 Å². The Labute approximate surface area is 163 Å². The Balaban J connectivity index is 1.62. The molecule has 0 bridgehead atoms. The van der Waals surface area contributed by atoms with Crippen molar-refractivity contribution >= 4 is 0 Å². The summed E-state index contributed by atoms with van der Waals surface area (Å²) in [7, 11) is 0. The molecule has 0 aliphatic carbocycles. The topological polar surface area (TPSA) is 83.0 Å². The van der Waals surface area contributed by atoms with E-state index in [9.17, 15) is 13.6 Å². The molecule has 4 rings (SSSR count). The molecule has 0 unspecified atom stereocenters. The number of benzene rings is 1. The van der Waals surface area contributed by atoms with Crippen LogP contribution in [0.2, 0.25) is 0 Å². The lowest BCUT2D eigenvalue weighted by atomic mass is 10.1. The Morgan fingerprint density at radius 3 is 2.55 bits per heavy atom. The first-order chi connectivity index (χ1) is 14.1. The van der Waals surface area contributed by atoms with Crippen molar-refractivity contribution < 1.29 is 17.9 Å². The summed E-state index contributed by atoms with van der Waals surface area (Å²) in [6.45, 7) is -2.84. The number of hydrogen-bond acceptors (Lipinski definition) is 6. The van der Waals surface area contributed by atoms with E-state index in [1.807, 2.05) is 30.3 Å². The molecule has 0 radical (unpaired) electrons. The molecule has 0 aliphatic rings. The normalized spacial score (nSPS) is 11.0. The van der Waals surface area contributed by atoms with Gasteiger partial charge in [-0.1, -0.05) is 30.3 Å². The molecule has 4 aromatic rings. The van der Waals surface area contributed by atoms with Gasteiger partial charge in [0.1, 0.15) is 5.69 Å². The summed E-state index contributed by atoms with van der Waals surface area (Å²) < 4.78 is 35.5. The highest BCUT2D eigenvalue weighted by Crippen LogP contribution is 2.23. The molecule has 29 heavy (non-hydrogen) atoms. The van der Waals surface area contributed by atoms with E-state index < -0.39 is 6.61 Å². The van der Waals surface area contributed by atoms with Gasteiger partial charge in [-0.25, -0.2) is 14.6 Å². The van der Waals surface area contributed by atoms with Crippen molar-refractivity contribution in [1.29, 1.82) is 0 Å². The van der Waals surface area contributed by atoms with Gasteiger partial charge in [-0.05, 0) is 12.1 Å². The van der Waals surface area contributed by atoms with E-state index in [1.54, 1.807) is 0 Å². The number of pyridine rings is 1. The summed E-state index contributed by atoms with van der Waals surface area (Å²) in [6, 6.07) is 15.1. The van der Waals surface area contributed by atoms with Crippen LogP contribution < -0.4 is 10.3 Å². The van der Waals surface area contributed by atoms with Crippen LogP contribution in [0, 0.1) is 0 Å². The van der Waals surface area contributed by atoms with Crippen molar-refractivity contribution in [2.75, 3.05) is 0 Å². The average Bonchev–Trinajstić information content (AvgIpc) is 3.19. The van der Waals surface area contributed by atoms with E-state index in [0.717, 1.165) is 5.56 Å². The van der Waals surface area contributed by atoms with Gasteiger partial charge < -0.3 is 9.15 Å². The van der Waals surface area contributed by atoms with Gasteiger partial charge in [0.25, 0.3) is 5.56 Å². The number of aromatic nitrogens is 4. The van der Waals surface area contributed by atoms with Crippen LogP contribution >= 0.6 is 0 Å². The highest BCUT2D eigenvalue weighted by atomic mass is 19.3. The van der Waals surface area contributed by atoms with Gasteiger partial charge in [0.15, 0.2) is 12.2 Å². The smallest absolute Gasteiger partial charge is 0.388 e. The maximum atomic E-state index is 12.3. The van der Waals surface area contributed by atoms with Crippen LogP contribution in [0.25, 0.3) is 22.6 Å². The number of alkyl halides is 2. The summed E-state index contributed by atoms with van der Waals surface area (Å²) in [5, 5.41) is 4.34. The van der Waals surface area contributed by atoms with E-state index in [1.165, 1.54) is 41.5 Å². The lowest BCUT2D eigenvalue weighted by Gasteiger charge is -2.08. The third-order valence-corrected chi connectivity index (χ3v) is 4.09. The first-order valence-corrected chi connectivity index (χ1v) is 8.57. The van der Waals surface area contributed by atoms with Crippen LogP contribution in [0.15, 0.2) is 76.4 Å². The van der Waals surface area contributed by atoms with E-state index in [-0.39, 0.29) is 18.0 Å². The van der Waals surface area contributed by atoms with E-state index >= 15 is 0 Å². The molecule has 3 heterocycles. The molecular weight excluding hydrogens is 382 g/mol. The summed E-state index contributed by atoms with van der Waals surface area (Å²) in [4.78, 5) is 20.3. The minimum atomic E-state index is -2.95. The van der Waals surface area contributed by atoms with Gasteiger partial charge >= 0.3 is 6.61 Å². The zero-order valence-corrected chi connectivity index (χ0v) is 14.9. The van der Waals surface area contributed by atoms with E-state index in [2.05, 4.69) is 19.8 Å². The standard InChI is InChI=1S/C20H14F2N4O3/c21-20(22)29-17-8-6-14(10-23-17)15-7-9-18(27)26(25-15)11-16-19(28-12-24-16)13-4-2-1-3-5-13/h1-10,12,20H,11H2. The number of hydrogen-bond donors (Lipinski definition) is 0. The third-order valence-electron chi connectivity index (χ3n) is 4.09. The molecule has 146 valence electrons. The predicted octanol–water partition coefficient (Wildman–Crippen LogP) is 3.61. The minimum Gasteiger partial charge on any atom is -0.443 e.